The molecule has 214 valence electrons. The van der Waals surface area contributed by atoms with Gasteiger partial charge in [0.15, 0.2) is 5.11 Å². The number of hydrogen-bond acceptors (Lipinski definition) is 5. The summed E-state index contributed by atoms with van der Waals surface area (Å²) >= 11 is 18.0. The third-order valence-corrected chi connectivity index (χ3v) is 8.23. The maximum Gasteiger partial charge on any atom is 0.256 e. The molecule has 0 unspecified atom stereocenters. The highest BCUT2D eigenvalue weighted by Gasteiger charge is 2.44. The summed E-state index contributed by atoms with van der Waals surface area (Å²) < 4.78 is 13.3. The Morgan fingerprint density at radius 1 is 0.902 bits per heavy atom. The van der Waals surface area contributed by atoms with Crippen LogP contribution in [-0.2, 0) is 9.59 Å². The van der Waals surface area contributed by atoms with Crippen LogP contribution in [0.1, 0.15) is 12.8 Å². The largest absolute Gasteiger partial charge is 0.369 e. The van der Waals surface area contributed by atoms with E-state index in [1.165, 1.54) is 29.2 Å². The van der Waals surface area contributed by atoms with Crippen molar-refractivity contribution in [3.05, 3.63) is 88.7 Å². The molecular formula is C30H30Cl2FN5O2S. The lowest BCUT2D eigenvalue weighted by atomic mass is 10.1. The Labute approximate surface area is 254 Å². The van der Waals surface area contributed by atoms with Crippen LogP contribution < -0.4 is 15.1 Å². The Morgan fingerprint density at radius 2 is 1.61 bits per heavy atom. The van der Waals surface area contributed by atoms with Crippen LogP contribution in [0, 0.1) is 5.82 Å². The molecule has 2 aliphatic heterocycles. The monoisotopic (exact) mass is 613 g/mol. The number of nitrogens with one attached hydrogen (secondary N) is 1. The van der Waals surface area contributed by atoms with Crippen molar-refractivity contribution in [3.63, 3.8) is 0 Å². The molecule has 11 heteroatoms. The Bertz CT molecular complexity index is 1400. The lowest BCUT2D eigenvalue weighted by molar-refractivity contribution is -0.124. The number of carbonyl (C=O) groups is 2. The van der Waals surface area contributed by atoms with Gasteiger partial charge in [-0.25, -0.2) is 4.39 Å². The maximum atomic E-state index is 13.6. The molecule has 3 aromatic carbocycles. The molecule has 2 aliphatic rings. The number of benzene rings is 3. The topological polar surface area (TPSA) is 59.1 Å². The summed E-state index contributed by atoms with van der Waals surface area (Å²) in [7, 11) is 0. The van der Waals surface area contributed by atoms with Crippen molar-refractivity contribution in [1.29, 1.82) is 0 Å². The van der Waals surface area contributed by atoms with E-state index in [2.05, 4.69) is 21.2 Å². The van der Waals surface area contributed by atoms with Crippen LogP contribution in [0.5, 0.6) is 0 Å². The van der Waals surface area contributed by atoms with E-state index in [4.69, 9.17) is 35.4 Å². The first-order valence-electron chi connectivity index (χ1n) is 13.5. The van der Waals surface area contributed by atoms with Crippen LogP contribution in [0.3, 0.4) is 0 Å². The zero-order chi connectivity index (χ0) is 28.9. The highest BCUT2D eigenvalue weighted by molar-refractivity contribution is 7.80. The fourth-order valence-corrected chi connectivity index (χ4v) is 5.93. The van der Waals surface area contributed by atoms with E-state index in [-0.39, 0.29) is 18.2 Å². The van der Waals surface area contributed by atoms with Gasteiger partial charge in [0.2, 0.25) is 5.91 Å². The highest BCUT2D eigenvalue weighted by Crippen LogP contribution is 2.29. The Morgan fingerprint density at radius 3 is 2.29 bits per heavy atom. The van der Waals surface area contributed by atoms with Crippen LogP contribution in [0.4, 0.5) is 21.5 Å². The standard InChI is InChI=1S/C30H30Cl2FN5O2S/c31-21-5-11-25(12-6-21)38-29(40)27(20-28(39)34-24-9-7-23(33)8-10-24)37(30(38)41)14-2-13-35-15-17-36(18-16-35)26-4-1-3-22(32)19-26/h1,3-12,19,27H,2,13-18,20H2,(H,34,39)/t27-/m0/s1. The van der Waals surface area contributed by atoms with Crippen molar-refractivity contribution in [3.8, 4) is 0 Å². The van der Waals surface area contributed by atoms with E-state index in [9.17, 15) is 14.0 Å². The fourth-order valence-electron chi connectivity index (χ4n) is 5.20. The molecule has 1 atom stereocenters. The van der Waals surface area contributed by atoms with Crippen molar-refractivity contribution in [1.82, 2.24) is 9.80 Å². The van der Waals surface area contributed by atoms with Gasteiger partial charge in [-0.1, -0.05) is 29.3 Å². The Kier molecular flexibility index (Phi) is 9.39. The lowest BCUT2D eigenvalue weighted by Crippen LogP contribution is -2.47. The molecule has 0 spiro atoms. The van der Waals surface area contributed by atoms with E-state index < -0.39 is 11.9 Å². The van der Waals surface area contributed by atoms with E-state index >= 15 is 0 Å². The van der Waals surface area contributed by atoms with Crippen LogP contribution in [0.2, 0.25) is 10.0 Å². The number of amides is 2. The number of nitrogens with zero attached hydrogens (tertiary/aromatic N) is 4. The smallest absolute Gasteiger partial charge is 0.256 e. The van der Waals surface area contributed by atoms with E-state index in [0.29, 0.717) is 28.1 Å². The summed E-state index contributed by atoms with van der Waals surface area (Å²) in [5, 5.41) is 4.40. The summed E-state index contributed by atoms with van der Waals surface area (Å²) in [5.74, 6) is -1.01. The summed E-state index contributed by atoms with van der Waals surface area (Å²) in [6.45, 7) is 4.99. The average molecular weight is 615 g/mol. The van der Waals surface area contributed by atoms with Crippen molar-refractivity contribution in [2.75, 3.05) is 54.4 Å². The first-order chi connectivity index (χ1) is 19.8. The van der Waals surface area contributed by atoms with Gasteiger partial charge in [-0.15, -0.1) is 0 Å². The highest BCUT2D eigenvalue weighted by atomic mass is 35.5. The molecule has 3 aromatic rings. The van der Waals surface area contributed by atoms with Crippen LogP contribution >= 0.6 is 35.4 Å². The molecule has 0 aliphatic carbocycles. The molecule has 1 N–H and O–H groups in total. The molecule has 0 bridgehead atoms. The van der Waals surface area contributed by atoms with Gasteiger partial charge in [0, 0.05) is 54.1 Å². The number of thiocarbonyl (C=S) groups is 1. The van der Waals surface area contributed by atoms with Gasteiger partial charge in [-0.2, -0.15) is 0 Å². The quantitative estimate of drug-likeness (QED) is 0.314. The van der Waals surface area contributed by atoms with Crippen molar-refractivity contribution >= 4 is 69.4 Å². The van der Waals surface area contributed by atoms with Crippen LogP contribution in [0.25, 0.3) is 0 Å². The molecule has 0 aromatic heterocycles. The molecule has 7 nitrogen and oxygen atoms in total. The minimum absolute atomic E-state index is 0.0846. The molecule has 41 heavy (non-hydrogen) atoms. The molecule has 0 saturated carbocycles. The molecule has 5 rings (SSSR count). The van der Waals surface area contributed by atoms with Gasteiger partial charge in [0.25, 0.3) is 5.91 Å². The second kappa shape index (κ2) is 13.2. The zero-order valence-corrected chi connectivity index (χ0v) is 24.6. The van der Waals surface area contributed by atoms with Gasteiger partial charge >= 0.3 is 0 Å². The minimum Gasteiger partial charge on any atom is -0.369 e. The summed E-state index contributed by atoms with van der Waals surface area (Å²) in [6, 6.07) is 19.6. The zero-order valence-electron chi connectivity index (χ0n) is 22.3. The molecule has 2 fully saturated rings. The average Bonchev–Trinajstić information content (AvgIpc) is 3.19. The minimum atomic E-state index is -0.752. The predicted molar refractivity (Wildman–Crippen MR) is 166 cm³/mol. The number of hydrogen-bond donors (Lipinski definition) is 1. The number of carbonyl (C=O) groups excluding carboxylic acids is 2. The van der Waals surface area contributed by atoms with Crippen molar-refractivity contribution in [2.45, 2.75) is 18.9 Å². The molecule has 2 heterocycles. The first kappa shape index (κ1) is 29.3. The van der Waals surface area contributed by atoms with Gasteiger partial charge in [0.1, 0.15) is 11.9 Å². The van der Waals surface area contributed by atoms with Crippen LogP contribution in [0.15, 0.2) is 72.8 Å². The Balaban J connectivity index is 1.22. The number of piperazine rings is 1. The van der Waals surface area contributed by atoms with E-state index in [0.717, 1.165) is 49.9 Å². The molecule has 2 amide bonds. The van der Waals surface area contributed by atoms with Gasteiger partial charge in [0.05, 0.1) is 12.1 Å². The van der Waals surface area contributed by atoms with Crippen molar-refractivity contribution in [2.24, 2.45) is 0 Å². The number of rotatable bonds is 9. The predicted octanol–water partition coefficient (Wildman–Crippen LogP) is 5.68. The summed E-state index contributed by atoms with van der Waals surface area (Å²) in [5.41, 5.74) is 2.19. The summed E-state index contributed by atoms with van der Waals surface area (Å²) in [6.07, 6.45) is 0.688. The molecular weight excluding hydrogens is 584 g/mol. The second-order valence-corrected chi connectivity index (χ2v) is 11.3. The fraction of sp³-hybridized carbons (Fsp3) is 0.300. The molecule has 0 radical (unpaired) electrons. The van der Waals surface area contributed by atoms with Gasteiger partial charge in [-0.05, 0) is 91.9 Å². The third kappa shape index (κ3) is 7.16. The normalized spacial score (nSPS) is 17.8. The summed E-state index contributed by atoms with van der Waals surface area (Å²) in [4.78, 5) is 34.6. The van der Waals surface area contributed by atoms with Gasteiger partial charge in [-0.3, -0.25) is 19.4 Å². The van der Waals surface area contributed by atoms with Crippen LogP contribution in [-0.4, -0.2) is 72.0 Å². The van der Waals surface area contributed by atoms with E-state index in [1.54, 1.807) is 24.3 Å². The Hall–Kier alpha value is -3.24. The van der Waals surface area contributed by atoms with Crippen molar-refractivity contribution < 1.29 is 14.0 Å². The SMILES string of the molecule is O=C(C[C@H]1C(=O)N(c2ccc(Cl)cc2)C(=S)N1CCCN1CCN(c2cccc(Cl)c2)CC1)Nc1ccc(F)cc1. The maximum absolute atomic E-state index is 13.6. The number of anilines is 3. The third-order valence-electron chi connectivity index (χ3n) is 7.33. The van der Waals surface area contributed by atoms with E-state index in [1.807, 2.05) is 23.1 Å². The first-order valence-corrected chi connectivity index (χ1v) is 14.6. The second-order valence-electron chi connectivity index (χ2n) is 10.1. The number of halogens is 3. The molecule has 2 saturated heterocycles. The van der Waals surface area contributed by atoms with Gasteiger partial charge < -0.3 is 15.1 Å². The lowest BCUT2D eigenvalue weighted by Gasteiger charge is -2.36.